The van der Waals surface area contributed by atoms with Crippen molar-refractivity contribution in [3.63, 3.8) is 0 Å². The van der Waals surface area contributed by atoms with E-state index < -0.39 is 22.3 Å². The highest BCUT2D eigenvalue weighted by Gasteiger charge is 2.32. The third-order valence-electron chi connectivity index (χ3n) is 1.79. The molecule has 1 heterocycles. The Balaban J connectivity index is 2.69. The zero-order valence-electron chi connectivity index (χ0n) is 7.00. The van der Waals surface area contributed by atoms with Crippen LogP contribution >= 0.6 is 0 Å². The number of halogens is 2. The molecule has 0 fully saturated rings. The summed E-state index contributed by atoms with van der Waals surface area (Å²) in [5.74, 6) is -0.108. The van der Waals surface area contributed by atoms with E-state index in [4.69, 9.17) is 0 Å². The first-order valence-electron chi connectivity index (χ1n) is 3.80. The van der Waals surface area contributed by atoms with E-state index in [0.29, 0.717) is 0 Å². The van der Waals surface area contributed by atoms with E-state index in [1.165, 1.54) is 6.92 Å². The normalized spacial score (nSPS) is 23.1. The maximum Gasteiger partial charge on any atom is 0.260 e. The molecule has 0 radical (unpaired) electrons. The van der Waals surface area contributed by atoms with E-state index in [1.54, 1.807) is 0 Å². The largest absolute Gasteiger partial charge is 0.300 e. The van der Waals surface area contributed by atoms with E-state index in [9.17, 15) is 17.2 Å². The Morgan fingerprint density at radius 2 is 2.31 bits per heavy atom. The molecule has 0 aromatic heterocycles. The lowest BCUT2D eigenvalue weighted by Gasteiger charge is -2.06. The van der Waals surface area contributed by atoms with E-state index in [2.05, 4.69) is 10.5 Å². The van der Waals surface area contributed by atoms with Crippen molar-refractivity contribution in [2.24, 2.45) is 5.10 Å². The first-order valence-corrected chi connectivity index (χ1v) is 5.45. The summed E-state index contributed by atoms with van der Waals surface area (Å²) in [6.07, 6.45) is -2.80. The summed E-state index contributed by atoms with van der Waals surface area (Å²) in [5, 5.41) is 3.21. The maximum absolute atomic E-state index is 12.1. The second-order valence-electron chi connectivity index (χ2n) is 2.68. The highest BCUT2D eigenvalue weighted by molar-refractivity contribution is 8.06. The molecule has 13 heavy (non-hydrogen) atoms. The van der Waals surface area contributed by atoms with Crippen molar-refractivity contribution < 1.29 is 17.2 Å². The van der Waals surface area contributed by atoms with Crippen molar-refractivity contribution in [2.45, 2.75) is 25.8 Å². The molecule has 76 valence electrons. The smallest absolute Gasteiger partial charge is 0.260 e. The number of sulfone groups is 1. The minimum atomic E-state index is -3.41. The van der Waals surface area contributed by atoms with Gasteiger partial charge in [-0.15, -0.1) is 0 Å². The summed E-state index contributed by atoms with van der Waals surface area (Å²) >= 11 is 0. The van der Waals surface area contributed by atoms with Crippen molar-refractivity contribution in [3.8, 4) is 0 Å². The molecule has 1 N–H and O–H groups in total. The number of hydrogen-bond donors (Lipinski definition) is 1. The van der Waals surface area contributed by atoms with Crippen LogP contribution in [0, 0.1) is 0 Å². The lowest BCUT2D eigenvalue weighted by molar-refractivity contribution is 0.106. The maximum atomic E-state index is 12.1. The molecular weight excluding hydrogens is 202 g/mol. The third kappa shape index (κ3) is 2.15. The predicted octanol–water partition coefficient (Wildman–Crippen LogP) is 0.362. The first-order chi connectivity index (χ1) is 5.97. The topological polar surface area (TPSA) is 58.5 Å². The molecule has 7 heteroatoms. The van der Waals surface area contributed by atoms with Crippen molar-refractivity contribution >= 4 is 14.9 Å². The van der Waals surface area contributed by atoms with Crippen molar-refractivity contribution in [1.29, 1.82) is 0 Å². The summed E-state index contributed by atoms with van der Waals surface area (Å²) in [5.41, 5.74) is 2.11. The molecule has 1 rings (SSSR count). The van der Waals surface area contributed by atoms with Crippen LogP contribution in [-0.2, 0) is 9.84 Å². The summed E-state index contributed by atoms with van der Waals surface area (Å²) in [4.78, 5) is 0. The van der Waals surface area contributed by atoms with Crippen molar-refractivity contribution in [1.82, 2.24) is 5.43 Å². The van der Waals surface area contributed by atoms with Gasteiger partial charge < -0.3 is 0 Å². The average molecular weight is 212 g/mol. The number of rotatable bonds is 2. The minimum absolute atomic E-state index is 0.108. The van der Waals surface area contributed by atoms with Crippen LogP contribution in [0.3, 0.4) is 0 Å². The molecular formula is C6H10F2N2O2S. The SMILES string of the molecule is CCS(=O)(=O)C1=NNC(C(F)F)C1. The lowest BCUT2D eigenvalue weighted by atomic mass is 10.2. The Labute approximate surface area is 74.9 Å². The van der Waals surface area contributed by atoms with E-state index in [1.807, 2.05) is 0 Å². The first kappa shape index (κ1) is 10.4. The number of alkyl halides is 2. The summed E-state index contributed by atoms with van der Waals surface area (Å²) in [6.45, 7) is 1.45. The Kier molecular flexibility index (Phi) is 2.84. The molecule has 0 saturated carbocycles. The van der Waals surface area contributed by atoms with Gasteiger partial charge in [0.25, 0.3) is 6.43 Å². The molecule has 4 nitrogen and oxygen atoms in total. The quantitative estimate of drug-likeness (QED) is 0.719. The number of hydrogen-bond acceptors (Lipinski definition) is 4. The second kappa shape index (κ2) is 3.57. The van der Waals surface area contributed by atoms with E-state index in [0.717, 1.165) is 0 Å². The van der Waals surface area contributed by atoms with Crippen LogP contribution in [0.2, 0.25) is 0 Å². The van der Waals surface area contributed by atoms with Gasteiger partial charge in [-0.25, -0.2) is 17.2 Å². The minimum Gasteiger partial charge on any atom is -0.300 e. The Hall–Kier alpha value is -0.720. The summed E-state index contributed by atoms with van der Waals surface area (Å²) in [7, 11) is -3.41. The highest BCUT2D eigenvalue weighted by Crippen LogP contribution is 2.15. The Morgan fingerprint density at radius 3 is 2.69 bits per heavy atom. The highest BCUT2D eigenvalue weighted by atomic mass is 32.2. The van der Waals surface area contributed by atoms with Crippen molar-refractivity contribution in [2.75, 3.05) is 5.75 Å². The van der Waals surface area contributed by atoms with Crippen molar-refractivity contribution in [3.05, 3.63) is 0 Å². The van der Waals surface area contributed by atoms with Crippen LogP contribution in [-0.4, -0.2) is 31.7 Å². The molecule has 0 amide bonds. The molecule has 0 bridgehead atoms. The van der Waals surface area contributed by atoms with Crippen LogP contribution in [0.1, 0.15) is 13.3 Å². The lowest BCUT2D eigenvalue weighted by Crippen LogP contribution is -2.28. The number of nitrogens with zero attached hydrogens (tertiary/aromatic N) is 1. The molecule has 0 spiro atoms. The van der Waals surface area contributed by atoms with Gasteiger partial charge in [0, 0.05) is 6.42 Å². The zero-order valence-corrected chi connectivity index (χ0v) is 7.81. The summed E-state index contributed by atoms with van der Waals surface area (Å²) < 4.78 is 46.5. The molecule has 1 aliphatic heterocycles. The van der Waals surface area contributed by atoms with Gasteiger partial charge in [-0.05, 0) is 0 Å². The molecule has 1 atom stereocenters. The Bertz CT molecular complexity index is 313. The molecule has 1 unspecified atom stereocenters. The predicted molar refractivity (Wildman–Crippen MR) is 44.4 cm³/mol. The number of nitrogens with one attached hydrogen (secondary N) is 1. The fourth-order valence-electron chi connectivity index (χ4n) is 0.943. The fraction of sp³-hybridized carbons (Fsp3) is 0.833. The van der Waals surface area contributed by atoms with Gasteiger partial charge in [-0.1, -0.05) is 6.92 Å². The molecule has 0 aliphatic carbocycles. The average Bonchev–Trinajstić information content (AvgIpc) is 2.52. The van der Waals surface area contributed by atoms with Gasteiger partial charge in [0.15, 0.2) is 14.9 Å². The van der Waals surface area contributed by atoms with Crippen LogP contribution in [0.25, 0.3) is 0 Å². The van der Waals surface area contributed by atoms with E-state index in [-0.39, 0.29) is 17.2 Å². The van der Waals surface area contributed by atoms with Gasteiger partial charge in [0.05, 0.1) is 5.75 Å². The zero-order chi connectivity index (χ0) is 10.1. The van der Waals surface area contributed by atoms with Crippen LogP contribution in [0.5, 0.6) is 0 Å². The second-order valence-corrected chi connectivity index (χ2v) is 4.96. The van der Waals surface area contributed by atoms with Gasteiger partial charge in [-0.2, -0.15) is 5.10 Å². The standard InChI is InChI=1S/C6H10F2N2O2S/c1-2-13(11,12)5-3-4(6(7)8)9-10-5/h4,6,9H,2-3H2,1H3. The molecule has 0 saturated heterocycles. The molecule has 0 aromatic rings. The Morgan fingerprint density at radius 1 is 1.69 bits per heavy atom. The number of hydrazone groups is 1. The van der Waals surface area contributed by atoms with Gasteiger partial charge in [0.1, 0.15) is 6.04 Å². The molecule has 1 aliphatic rings. The third-order valence-corrected chi connectivity index (χ3v) is 3.53. The summed E-state index contributed by atoms with van der Waals surface area (Å²) in [6, 6.07) is -1.16. The molecule has 0 aromatic carbocycles. The van der Waals surface area contributed by atoms with E-state index >= 15 is 0 Å². The van der Waals surface area contributed by atoms with Crippen LogP contribution < -0.4 is 5.43 Å². The van der Waals surface area contributed by atoms with Gasteiger partial charge in [0.2, 0.25) is 0 Å². The van der Waals surface area contributed by atoms with Gasteiger partial charge >= 0.3 is 0 Å². The van der Waals surface area contributed by atoms with Gasteiger partial charge in [-0.3, -0.25) is 5.43 Å². The van der Waals surface area contributed by atoms with Crippen LogP contribution in [0.4, 0.5) is 8.78 Å². The van der Waals surface area contributed by atoms with Crippen LogP contribution in [0.15, 0.2) is 5.10 Å². The fourth-order valence-corrected chi connectivity index (χ4v) is 1.90. The monoisotopic (exact) mass is 212 g/mol.